The predicted molar refractivity (Wildman–Crippen MR) is 64.5 cm³/mol. The lowest BCUT2D eigenvalue weighted by Crippen LogP contribution is -2.15. The van der Waals surface area contributed by atoms with Gasteiger partial charge in [-0.15, -0.1) is 0 Å². The Morgan fingerprint density at radius 2 is 1.65 bits per heavy atom. The molecule has 0 aliphatic heterocycles. The van der Waals surface area contributed by atoms with Gasteiger partial charge in [-0.3, -0.25) is 0 Å². The zero-order chi connectivity index (χ0) is 13.0. The van der Waals surface area contributed by atoms with Crippen LogP contribution in [-0.2, 0) is 0 Å². The van der Waals surface area contributed by atoms with Crippen molar-refractivity contribution in [1.29, 1.82) is 0 Å². The van der Waals surface area contributed by atoms with Crippen LogP contribution in [0, 0.1) is 23.3 Å². The summed E-state index contributed by atoms with van der Waals surface area (Å²) in [4.78, 5) is 0. The number of unbranched alkanes of at least 4 members (excludes halogenated alkanes) is 1. The Morgan fingerprint density at radius 1 is 1.00 bits per heavy atom. The molecular weight excluding hydrogens is 251 g/mol. The molecule has 5 heteroatoms. The second-order valence-corrected chi connectivity index (χ2v) is 6.86. The van der Waals surface area contributed by atoms with Gasteiger partial charge in [-0.1, -0.05) is 13.3 Å². The quantitative estimate of drug-likeness (QED) is 0.328. The molecule has 0 fully saturated rings. The third-order valence-electron chi connectivity index (χ3n) is 2.74. The summed E-state index contributed by atoms with van der Waals surface area (Å²) in [6.45, 7) is 3.86. The predicted octanol–water partition coefficient (Wildman–Crippen LogP) is 3.90. The van der Waals surface area contributed by atoms with Gasteiger partial charge in [0.25, 0.3) is 0 Å². The normalized spacial score (nSPS) is 12.8. The van der Waals surface area contributed by atoms with Gasteiger partial charge >= 0.3 is 0 Å². The third-order valence-corrected chi connectivity index (χ3v) is 5.68. The highest BCUT2D eigenvalue weighted by atomic mass is 31.1. The van der Waals surface area contributed by atoms with Crippen LogP contribution < -0.4 is 5.30 Å². The van der Waals surface area contributed by atoms with E-state index in [1.165, 1.54) is 0 Å². The molecule has 0 saturated carbocycles. The van der Waals surface area contributed by atoms with Crippen LogP contribution in [0.15, 0.2) is 6.07 Å². The Balaban J connectivity index is 3.11. The number of benzene rings is 1. The summed E-state index contributed by atoms with van der Waals surface area (Å²) in [5.41, 5.74) is 0. The van der Waals surface area contributed by atoms with Crippen LogP contribution >= 0.6 is 7.92 Å². The molecule has 0 aliphatic rings. The monoisotopic (exact) mass is 267 g/mol. The topological polar surface area (TPSA) is 0 Å². The number of hydrogen-bond acceptors (Lipinski definition) is 0. The summed E-state index contributed by atoms with van der Waals surface area (Å²) in [5, 5.41) is 0.0438. The highest BCUT2D eigenvalue weighted by molar-refractivity contribution is 7.65. The van der Waals surface area contributed by atoms with Crippen molar-refractivity contribution in [3.8, 4) is 0 Å². The van der Waals surface area contributed by atoms with Gasteiger partial charge in [0.05, 0.1) is 12.3 Å². The van der Waals surface area contributed by atoms with E-state index < -0.39 is 31.2 Å². The van der Waals surface area contributed by atoms with Gasteiger partial charge in [0.15, 0.2) is 11.6 Å². The number of rotatable bonds is 5. The van der Waals surface area contributed by atoms with Crippen LogP contribution in [0.2, 0.25) is 0 Å². The molecule has 0 heterocycles. The zero-order valence-electron chi connectivity index (χ0n) is 9.92. The van der Waals surface area contributed by atoms with E-state index in [0.717, 1.165) is 25.1 Å². The molecule has 1 rings (SSSR count). The summed E-state index contributed by atoms with van der Waals surface area (Å²) in [5.74, 6) is -5.92. The summed E-state index contributed by atoms with van der Waals surface area (Å²) in [6, 6.07) is 0.821. The summed E-state index contributed by atoms with van der Waals surface area (Å²) in [7, 11) is -1.34. The maximum atomic E-state index is 13.6. The molecular formula is C12H16F4P+. The van der Waals surface area contributed by atoms with E-state index in [9.17, 15) is 17.6 Å². The minimum absolute atomic E-state index is 0.0438. The van der Waals surface area contributed by atoms with Gasteiger partial charge in [-0.2, -0.15) is 4.39 Å². The summed E-state index contributed by atoms with van der Waals surface area (Å²) in [6.07, 6.45) is 3.26. The molecule has 0 spiro atoms. The van der Waals surface area contributed by atoms with Crippen molar-refractivity contribution in [2.75, 3.05) is 12.3 Å². The van der Waals surface area contributed by atoms with Crippen molar-refractivity contribution in [3.05, 3.63) is 29.3 Å². The Labute approximate surface area is 99.8 Å². The van der Waals surface area contributed by atoms with Crippen molar-refractivity contribution in [2.24, 2.45) is 0 Å². The molecule has 0 radical (unpaired) electrons. The van der Waals surface area contributed by atoms with Crippen molar-refractivity contribution in [3.63, 3.8) is 0 Å². The van der Waals surface area contributed by atoms with Crippen molar-refractivity contribution < 1.29 is 17.6 Å². The lowest BCUT2D eigenvalue weighted by Gasteiger charge is -2.10. The Morgan fingerprint density at radius 3 is 2.18 bits per heavy atom. The molecule has 1 aromatic rings. The Bertz CT molecular complexity index is 393. The van der Waals surface area contributed by atoms with Crippen LogP contribution in [0.5, 0.6) is 0 Å². The fourth-order valence-electron chi connectivity index (χ4n) is 1.72. The lowest BCUT2D eigenvalue weighted by molar-refractivity contribution is 0.412. The number of hydrogen-bond donors (Lipinski definition) is 0. The van der Waals surface area contributed by atoms with Crippen LogP contribution in [0.1, 0.15) is 26.7 Å². The first kappa shape index (κ1) is 14.4. The number of halogens is 4. The second kappa shape index (κ2) is 6.34. The smallest absolute Gasteiger partial charge is 0.203 e. The molecule has 1 unspecified atom stereocenters. The highest BCUT2D eigenvalue weighted by Gasteiger charge is 2.28. The fourth-order valence-corrected chi connectivity index (χ4v) is 4.26. The molecule has 0 nitrogen and oxygen atoms in total. The van der Waals surface area contributed by atoms with Gasteiger partial charge < -0.3 is 0 Å². The molecule has 0 aliphatic carbocycles. The Hall–Kier alpha value is -0.630. The first-order valence-corrected chi connectivity index (χ1v) is 7.62. The van der Waals surface area contributed by atoms with Gasteiger partial charge in [0.1, 0.15) is 5.30 Å². The fraction of sp³-hybridized carbons (Fsp3) is 0.500. The first-order valence-electron chi connectivity index (χ1n) is 5.70. The van der Waals surface area contributed by atoms with Gasteiger partial charge in [0, 0.05) is 14.0 Å². The van der Waals surface area contributed by atoms with Crippen molar-refractivity contribution in [2.45, 2.75) is 26.7 Å². The van der Waals surface area contributed by atoms with E-state index in [-0.39, 0.29) is 5.30 Å². The maximum Gasteiger partial charge on any atom is 0.203 e. The largest absolute Gasteiger partial charge is 0.203 e. The average Bonchev–Trinajstić information content (AvgIpc) is 2.33. The van der Waals surface area contributed by atoms with Gasteiger partial charge in [-0.25, -0.2) is 13.2 Å². The van der Waals surface area contributed by atoms with Crippen LogP contribution in [0.25, 0.3) is 0 Å². The van der Waals surface area contributed by atoms with Crippen molar-refractivity contribution in [1.82, 2.24) is 0 Å². The summed E-state index contributed by atoms with van der Waals surface area (Å²) < 4.78 is 52.5. The molecule has 0 N–H and O–H groups in total. The van der Waals surface area contributed by atoms with E-state index in [2.05, 4.69) is 0 Å². The second-order valence-electron chi connectivity index (χ2n) is 3.91. The third kappa shape index (κ3) is 3.19. The lowest BCUT2D eigenvalue weighted by atomic mass is 10.3. The average molecular weight is 267 g/mol. The van der Waals surface area contributed by atoms with Crippen LogP contribution in [0.4, 0.5) is 17.6 Å². The highest BCUT2D eigenvalue weighted by Crippen LogP contribution is 2.37. The van der Waals surface area contributed by atoms with Gasteiger partial charge in [0.2, 0.25) is 11.6 Å². The molecule has 0 aromatic heterocycles. The van der Waals surface area contributed by atoms with Gasteiger partial charge in [-0.05, 0) is 13.3 Å². The van der Waals surface area contributed by atoms with E-state index >= 15 is 0 Å². The molecule has 0 saturated heterocycles. The molecule has 17 heavy (non-hydrogen) atoms. The summed E-state index contributed by atoms with van der Waals surface area (Å²) >= 11 is 0. The van der Waals surface area contributed by atoms with E-state index in [4.69, 9.17) is 0 Å². The zero-order valence-corrected chi connectivity index (χ0v) is 10.9. The molecule has 96 valence electrons. The van der Waals surface area contributed by atoms with E-state index in [1.807, 2.05) is 13.8 Å². The van der Waals surface area contributed by atoms with E-state index in [0.29, 0.717) is 6.16 Å². The Kier molecular flexibility index (Phi) is 5.38. The first-order chi connectivity index (χ1) is 8.02. The van der Waals surface area contributed by atoms with Crippen LogP contribution in [0.3, 0.4) is 0 Å². The molecule has 0 amide bonds. The SMILES string of the molecule is CCCC[PH+](CC)c1cc(F)c(F)c(F)c1F. The molecule has 1 aromatic carbocycles. The maximum absolute atomic E-state index is 13.6. The standard InChI is InChI=1S/C12H15F4P/c1-3-5-6-17(4-2)9-7-8(13)10(14)12(16)11(9)15/h7H,3-6H2,1-2H3/p+1. The van der Waals surface area contributed by atoms with Crippen molar-refractivity contribution >= 4 is 13.2 Å². The van der Waals surface area contributed by atoms with E-state index in [1.54, 1.807) is 0 Å². The minimum atomic E-state index is -1.72. The molecule has 1 atom stereocenters. The minimum Gasteiger partial charge on any atom is -0.203 e. The van der Waals surface area contributed by atoms with Crippen LogP contribution in [-0.4, -0.2) is 12.3 Å². The molecule has 0 bridgehead atoms.